The van der Waals surface area contributed by atoms with E-state index in [-0.39, 0.29) is 0 Å². The summed E-state index contributed by atoms with van der Waals surface area (Å²) in [5.41, 5.74) is 1.17. The third-order valence-electron chi connectivity index (χ3n) is 2.35. The zero-order chi connectivity index (χ0) is 11.2. The van der Waals surface area contributed by atoms with Gasteiger partial charge in [0, 0.05) is 31.5 Å². The lowest BCUT2D eigenvalue weighted by Gasteiger charge is -2.08. The first kappa shape index (κ1) is 10.7. The van der Waals surface area contributed by atoms with Crippen LogP contribution in [-0.4, -0.2) is 14.8 Å². The van der Waals surface area contributed by atoms with E-state index < -0.39 is 0 Å². The van der Waals surface area contributed by atoms with Gasteiger partial charge in [0.1, 0.15) is 5.82 Å². The molecule has 0 saturated carbocycles. The molecule has 0 unspecified atom stereocenters. The fourth-order valence-corrected chi connectivity index (χ4v) is 1.57. The number of aromatic nitrogens is 3. The molecule has 0 atom stereocenters. The summed E-state index contributed by atoms with van der Waals surface area (Å²) in [5, 5.41) is 7.61. The van der Waals surface area contributed by atoms with E-state index in [2.05, 4.69) is 28.4 Å². The Bertz CT molecular complexity index is 422. The number of nitrogens with one attached hydrogen (secondary N) is 1. The molecular weight excluding hydrogens is 200 g/mol. The molecule has 2 heterocycles. The van der Waals surface area contributed by atoms with Gasteiger partial charge < -0.3 is 5.32 Å². The number of hydrogen-bond acceptors (Lipinski definition) is 3. The molecule has 0 aliphatic heterocycles. The van der Waals surface area contributed by atoms with E-state index >= 15 is 0 Å². The average molecular weight is 216 g/mol. The van der Waals surface area contributed by atoms with Crippen LogP contribution in [0.3, 0.4) is 0 Å². The lowest BCUT2D eigenvalue weighted by molar-refractivity contribution is 0.607. The summed E-state index contributed by atoms with van der Waals surface area (Å²) in [6.07, 6.45) is 6.56. The van der Waals surface area contributed by atoms with Crippen LogP contribution >= 0.6 is 0 Å². The Morgan fingerprint density at radius 1 is 1.31 bits per heavy atom. The molecule has 0 amide bonds. The van der Waals surface area contributed by atoms with Crippen LogP contribution in [-0.2, 0) is 13.1 Å². The standard InChI is InChI=1S/C12H16N4/c1-2-8-16-12(5-7-15-16)14-10-11-4-3-6-13-9-11/h3-7,9,14H,2,8,10H2,1H3. The van der Waals surface area contributed by atoms with E-state index in [1.807, 2.05) is 29.2 Å². The molecule has 84 valence electrons. The number of rotatable bonds is 5. The molecule has 0 aromatic carbocycles. The highest BCUT2D eigenvalue weighted by Crippen LogP contribution is 2.08. The Hall–Kier alpha value is -1.84. The van der Waals surface area contributed by atoms with Gasteiger partial charge in [0.15, 0.2) is 0 Å². The van der Waals surface area contributed by atoms with Crippen molar-refractivity contribution in [2.24, 2.45) is 0 Å². The molecule has 0 aliphatic rings. The third kappa shape index (κ3) is 2.59. The summed E-state index contributed by atoms with van der Waals surface area (Å²) in [4.78, 5) is 4.08. The van der Waals surface area contributed by atoms with E-state index in [9.17, 15) is 0 Å². The van der Waals surface area contributed by atoms with Crippen LogP contribution in [0.4, 0.5) is 5.82 Å². The van der Waals surface area contributed by atoms with Gasteiger partial charge in [-0.25, -0.2) is 4.68 Å². The monoisotopic (exact) mass is 216 g/mol. The Morgan fingerprint density at radius 3 is 3.00 bits per heavy atom. The Kier molecular flexibility index (Phi) is 3.53. The lowest BCUT2D eigenvalue weighted by atomic mass is 10.3. The zero-order valence-electron chi connectivity index (χ0n) is 9.43. The average Bonchev–Trinajstić information content (AvgIpc) is 2.76. The SMILES string of the molecule is CCCn1nccc1NCc1cccnc1. The summed E-state index contributed by atoms with van der Waals surface area (Å²) >= 11 is 0. The van der Waals surface area contributed by atoms with Crippen LogP contribution < -0.4 is 5.32 Å². The van der Waals surface area contributed by atoms with Crippen molar-refractivity contribution in [3.8, 4) is 0 Å². The number of hydrogen-bond donors (Lipinski definition) is 1. The number of nitrogens with zero attached hydrogens (tertiary/aromatic N) is 3. The molecule has 4 nitrogen and oxygen atoms in total. The van der Waals surface area contributed by atoms with Gasteiger partial charge in [-0.05, 0) is 18.1 Å². The maximum atomic E-state index is 4.26. The molecule has 0 aliphatic carbocycles. The molecule has 0 fully saturated rings. The summed E-state index contributed by atoms with van der Waals surface area (Å²) in [6, 6.07) is 5.99. The van der Waals surface area contributed by atoms with E-state index in [1.54, 1.807) is 6.20 Å². The molecule has 16 heavy (non-hydrogen) atoms. The molecule has 0 saturated heterocycles. The van der Waals surface area contributed by atoms with E-state index in [4.69, 9.17) is 0 Å². The molecule has 1 N–H and O–H groups in total. The number of aryl methyl sites for hydroxylation is 1. The topological polar surface area (TPSA) is 42.7 Å². The largest absolute Gasteiger partial charge is 0.366 e. The van der Waals surface area contributed by atoms with E-state index in [0.717, 1.165) is 25.3 Å². The second kappa shape index (κ2) is 5.30. The Labute approximate surface area is 95.3 Å². The number of anilines is 1. The highest BCUT2D eigenvalue weighted by Gasteiger charge is 2.00. The zero-order valence-corrected chi connectivity index (χ0v) is 9.43. The summed E-state index contributed by atoms with van der Waals surface area (Å²) in [7, 11) is 0. The summed E-state index contributed by atoms with van der Waals surface area (Å²) < 4.78 is 1.98. The van der Waals surface area contributed by atoms with Crippen LogP contribution in [0.5, 0.6) is 0 Å². The quantitative estimate of drug-likeness (QED) is 0.834. The van der Waals surface area contributed by atoms with Crippen molar-refractivity contribution in [1.29, 1.82) is 0 Å². The highest BCUT2D eigenvalue weighted by atomic mass is 15.3. The fraction of sp³-hybridized carbons (Fsp3) is 0.333. The van der Waals surface area contributed by atoms with Crippen molar-refractivity contribution >= 4 is 5.82 Å². The van der Waals surface area contributed by atoms with Crippen LogP contribution in [0.2, 0.25) is 0 Å². The van der Waals surface area contributed by atoms with Crippen LogP contribution in [0.15, 0.2) is 36.8 Å². The second-order valence-electron chi connectivity index (χ2n) is 3.65. The normalized spacial score (nSPS) is 10.3. The van der Waals surface area contributed by atoms with Crippen molar-refractivity contribution in [3.63, 3.8) is 0 Å². The predicted molar refractivity (Wildman–Crippen MR) is 64.1 cm³/mol. The smallest absolute Gasteiger partial charge is 0.124 e. The molecule has 2 aromatic heterocycles. The van der Waals surface area contributed by atoms with Gasteiger partial charge >= 0.3 is 0 Å². The maximum Gasteiger partial charge on any atom is 0.124 e. The Balaban J connectivity index is 1.97. The fourth-order valence-electron chi connectivity index (χ4n) is 1.57. The molecular formula is C12H16N4. The summed E-state index contributed by atoms with van der Waals surface area (Å²) in [5.74, 6) is 1.06. The molecule has 0 bridgehead atoms. The summed E-state index contributed by atoms with van der Waals surface area (Å²) in [6.45, 7) is 3.87. The number of pyridine rings is 1. The molecule has 0 spiro atoms. The van der Waals surface area contributed by atoms with Crippen molar-refractivity contribution in [2.75, 3.05) is 5.32 Å². The molecule has 2 aromatic rings. The van der Waals surface area contributed by atoms with Crippen LogP contribution in [0.1, 0.15) is 18.9 Å². The maximum absolute atomic E-state index is 4.26. The molecule has 4 heteroatoms. The minimum absolute atomic E-state index is 0.781. The minimum atomic E-state index is 0.781. The predicted octanol–water partition coefficient (Wildman–Crippen LogP) is 2.30. The van der Waals surface area contributed by atoms with Crippen molar-refractivity contribution in [2.45, 2.75) is 26.4 Å². The van der Waals surface area contributed by atoms with Crippen LogP contribution in [0, 0.1) is 0 Å². The molecule has 0 radical (unpaired) electrons. The van der Waals surface area contributed by atoms with Gasteiger partial charge in [0.2, 0.25) is 0 Å². The minimum Gasteiger partial charge on any atom is -0.366 e. The van der Waals surface area contributed by atoms with Crippen molar-refractivity contribution in [3.05, 3.63) is 42.4 Å². The van der Waals surface area contributed by atoms with Crippen molar-refractivity contribution in [1.82, 2.24) is 14.8 Å². The van der Waals surface area contributed by atoms with Crippen molar-refractivity contribution < 1.29 is 0 Å². The van der Waals surface area contributed by atoms with Gasteiger partial charge in [0.05, 0.1) is 6.20 Å². The van der Waals surface area contributed by atoms with Crippen LogP contribution in [0.25, 0.3) is 0 Å². The van der Waals surface area contributed by atoms with Gasteiger partial charge in [-0.15, -0.1) is 0 Å². The lowest BCUT2D eigenvalue weighted by Crippen LogP contribution is -2.07. The van der Waals surface area contributed by atoms with Gasteiger partial charge in [-0.2, -0.15) is 5.10 Å². The first-order chi connectivity index (χ1) is 7.90. The van der Waals surface area contributed by atoms with Gasteiger partial charge in [0.25, 0.3) is 0 Å². The first-order valence-corrected chi connectivity index (χ1v) is 5.54. The van der Waals surface area contributed by atoms with Gasteiger partial charge in [-0.3, -0.25) is 4.98 Å². The first-order valence-electron chi connectivity index (χ1n) is 5.54. The molecule has 2 rings (SSSR count). The Morgan fingerprint density at radius 2 is 2.25 bits per heavy atom. The third-order valence-corrected chi connectivity index (χ3v) is 2.35. The van der Waals surface area contributed by atoms with E-state index in [1.165, 1.54) is 5.56 Å². The second-order valence-corrected chi connectivity index (χ2v) is 3.65. The highest BCUT2D eigenvalue weighted by molar-refractivity contribution is 5.34. The van der Waals surface area contributed by atoms with E-state index in [0.29, 0.717) is 0 Å². The van der Waals surface area contributed by atoms with Gasteiger partial charge in [-0.1, -0.05) is 13.0 Å².